The van der Waals surface area contributed by atoms with Gasteiger partial charge in [-0.1, -0.05) is 54.6 Å². The molecule has 7 nitrogen and oxygen atoms in total. The maximum atomic E-state index is 13.3. The number of amides is 3. The van der Waals surface area contributed by atoms with Gasteiger partial charge in [0.05, 0.1) is 17.7 Å². The predicted molar refractivity (Wildman–Crippen MR) is 120 cm³/mol. The number of rotatable bonds is 6. The fourth-order valence-corrected chi connectivity index (χ4v) is 4.13. The number of benzene rings is 3. The summed E-state index contributed by atoms with van der Waals surface area (Å²) in [6.07, 6.45) is -0.174. The van der Waals surface area contributed by atoms with Gasteiger partial charge in [0.15, 0.2) is 11.5 Å². The number of carbonyl (C=O) groups excluding carboxylic acids is 3. The van der Waals surface area contributed by atoms with Gasteiger partial charge in [0, 0.05) is 6.42 Å². The fourth-order valence-electron chi connectivity index (χ4n) is 4.13. The lowest BCUT2D eigenvalue weighted by Crippen LogP contribution is -2.52. The van der Waals surface area contributed by atoms with Crippen LogP contribution in [0.4, 0.5) is 0 Å². The molecule has 0 aliphatic carbocycles. The van der Waals surface area contributed by atoms with Gasteiger partial charge in [0.2, 0.25) is 5.91 Å². The molecule has 0 fully saturated rings. The summed E-state index contributed by atoms with van der Waals surface area (Å²) in [7, 11) is 0. The SMILES string of the molecule is O=C(NC[C@H]1COc2ccccc2O1)[C@@H](Cc1ccccc1)N1C(=O)c2ccccc2C1=O. The van der Waals surface area contributed by atoms with Gasteiger partial charge in [-0.15, -0.1) is 0 Å². The number of nitrogens with one attached hydrogen (secondary N) is 1. The van der Waals surface area contributed by atoms with Crippen molar-refractivity contribution in [1.29, 1.82) is 0 Å². The highest BCUT2D eigenvalue weighted by Gasteiger charge is 2.42. The summed E-state index contributed by atoms with van der Waals surface area (Å²) >= 11 is 0. The molecule has 0 unspecified atom stereocenters. The summed E-state index contributed by atoms with van der Waals surface area (Å²) in [4.78, 5) is 40.5. The van der Waals surface area contributed by atoms with Crippen molar-refractivity contribution < 1.29 is 23.9 Å². The third kappa shape index (κ3) is 4.05. The van der Waals surface area contributed by atoms with Crippen molar-refractivity contribution in [3.63, 3.8) is 0 Å². The van der Waals surface area contributed by atoms with E-state index in [4.69, 9.17) is 9.47 Å². The molecule has 2 aliphatic rings. The Hall–Kier alpha value is -4.13. The van der Waals surface area contributed by atoms with Crippen molar-refractivity contribution in [1.82, 2.24) is 10.2 Å². The van der Waals surface area contributed by atoms with E-state index in [-0.39, 0.29) is 25.7 Å². The first kappa shape index (κ1) is 20.8. The minimum atomic E-state index is -0.989. The minimum Gasteiger partial charge on any atom is -0.486 e. The van der Waals surface area contributed by atoms with Crippen molar-refractivity contribution in [3.8, 4) is 11.5 Å². The third-order valence-corrected chi connectivity index (χ3v) is 5.78. The fraction of sp³-hybridized carbons (Fsp3) is 0.192. The number of nitrogens with zero attached hydrogens (tertiary/aromatic N) is 1. The van der Waals surface area contributed by atoms with Crippen LogP contribution < -0.4 is 14.8 Å². The molecule has 0 bridgehead atoms. The lowest BCUT2D eigenvalue weighted by molar-refractivity contribution is -0.125. The smallest absolute Gasteiger partial charge is 0.262 e. The molecule has 3 aromatic carbocycles. The van der Waals surface area contributed by atoms with Gasteiger partial charge in [0.1, 0.15) is 18.8 Å². The molecule has 2 atom stereocenters. The molecule has 0 saturated carbocycles. The summed E-state index contributed by atoms with van der Waals surface area (Å²) in [6.45, 7) is 0.468. The highest BCUT2D eigenvalue weighted by atomic mass is 16.6. The van der Waals surface area contributed by atoms with Crippen molar-refractivity contribution in [2.24, 2.45) is 0 Å². The van der Waals surface area contributed by atoms with Gasteiger partial charge in [-0.3, -0.25) is 19.3 Å². The molecule has 3 aromatic rings. The van der Waals surface area contributed by atoms with Crippen LogP contribution in [0, 0.1) is 0 Å². The maximum Gasteiger partial charge on any atom is 0.262 e. The zero-order valence-electron chi connectivity index (χ0n) is 17.8. The average Bonchev–Trinajstić information content (AvgIpc) is 3.11. The molecule has 0 saturated heterocycles. The van der Waals surface area contributed by atoms with Crippen molar-refractivity contribution >= 4 is 17.7 Å². The Labute approximate surface area is 190 Å². The summed E-state index contributed by atoms with van der Waals surface area (Å²) < 4.78 is 11.6. The second-order valence-electron chi connectivity index (χ2n) is 7.97. The third-order valence-electron chi connectivity index (χ3n) is 5.78. The van der Waals surface area contributed by atoms with Crippen molar-refractivity contribution in [2.75, 3.05) is 13.2 Å². The van der Waals surface area contributed by atoms with Crippen LogP contribution in [0.5, 0.6) is 11.5 Å². The molecule has 7 heteroatoms. The zero-order valence-corrected chi connectivity index (χ0v) is 17.8. The number of hydrogen-bond acceptors (Lipinski definition) is 5. The Balaban J connectivity index is 1.34. The van der Waals surface area contributed by atoms with Crippen LogP contribution in [0.25, 0.3) is 0 Å². The van der Waals surface area contributed by atoms with E-state index in [0.717, 1.165) is 10.5 Å². The average molecular weight is 442 g/mol. The number of fused-ring (bicyclic) bond motifs is 2. The summed E-state index contributed by atoms with van der Waals surface area (Å²) in [6, 6.07) is 22.3. The lowest BCUT2D eigenvalue weighted by Gasteiger charge is -2.29. The molecule has 0 aromatic heterocycles. The number of hydrogen-bond donors (Lipinski definition) is 1. The van der Waals surface area contributed by atoms with Crippen LogP contribution in [0.1, 0.15) is 26.3 Å². The summed E-state index contributed by atoms with van der Waals surface area (Å²) in [5.41, 5.74) is 1.48. The molecular formula is C26H22N2O5. The van der Waals surface area contributed by atoms with Crippen LogP contribution >= 0.6 is 0 Å². The van der Waals surface area contributed by atoms with Gasteiger partial charge >= 0.3 is 0 Å². The van der Waals surface area contributed by atoms with Gasteiger partial charge < -0.3 is 14.8 Å². The van der Waals surface area contributed by atoms with E-state index in [1.807, 2.05) is 48.5 Å². The van der Waals surface area contributed by atoms with Crippen LogP contribution in [-0.4, -0.2) is 47.9 Å². The minimum absolute atomic E-state index is 0.182. The number of para-hydroxylation sites is 2. The first-order chi connectivity index (χ1) is 16.1. The molecular weight excluding hydrogens is 420 g/mol. The van der Waals surface area contributed by atoms with Gasteiger partial charge in [-0.25, -0.2) is 0 Å². The first-order valence-corrected chi connectivity index (χ1v) is 10.8. The highest BCUT2D eigenvalue weighted by Crippen LogP contribution is 2.31. The highest BCUT2D eigenvalue weighted by molar-refractivity contribution is 6.22. The second-order valence-corrected chi connectivity index (χ2v) is 7.97. The zero-order chi connectivity index (χ0) is 22.8. The van der Waals surface area contributed by atoms with Gasteiger partial charge in [0.25, 0.3) is 11.8 Å². The Bertz CT molecular complexity index is 1180. The molecule has 0 radical (unpaired) electrons. The van der Waals surface area contributed by atoms with Crippen LogP contribution in [0.3, 0.4) is 0 Å². The van der Waals surface area contributed by atoms with E-state index in [0.29, 0.717) is 22.6 Å². The van der Waals surface area contributed by atoms with Crippen LogP contribution in [-0.2, 0) is 11.2 Å². The number of carbonyl (C=O) groups is 3. The van der Waals surface area contributed by atoms with Gasteiger partial charge in [-0.05, 0) is 29.8 Å². The number of imide groups is 1. The van der Waals surface area contributed by atoms with Crippen molar-refractivity contribution in [2.45, 2.75) is 18.6 Å². The van der Waals surface area contributed by atoms with E-state index < -0.39 is 23.8 Å². The molecule has 5 rings (SSSR count). The second kappa shape index (κ2) is 8.78. The van der Waals surface area contributed by atoms with Gasteiger partial charge in [-0.2, -0.15) is 0 Å². The molecule has 166 valence electrons. The molecule has 3 amide bonds. The summed E-state index contributed by atoms with van der Waals surface area (Å²) in [5, 5.41) is 2.86. The van der Waals surface area contributed by atoms with E-state index in [9.17, 15) is 14.4 Å². The Morgan fingerprint density at radius 2 is 1.48 bits per heavy atom. The first-order valence-electron chi connectivity index (χ1n) is 10.8. The quantitative estimate of drug-likeness (QED) is 0.594. The Kier molecular flexibility index (Phi) is 5.52. The Morgan fingerprint density at radius 3 is 2.18 bits per heavy atom. The van der Waals surface area contributed by atoms with Crippen LogP contribution in [0.15, 0.2) is 78.9 Å². The predicted octanol–water partition coefficient (Wildman–Crippen LogP) is 2.85. The molecule has 33 heavy (non-hydrogen) atoms. The van der Waals surface area contributed by atoms with E-state index in [2.05, 4.69) is 5.32 Å². The molecule has 1 N–H and O–H groups in total. The van der Waals surface area contributed by atoms with Crippen molar-refractivity contribution in [3.05, 3.63) is 95.6 Å². The molecule has 2 heterocycles. The normalized spacial score (nSPS) is 17.5. The lowest BCUT2D eigenvalue weighted by atomic mass is 10.0. The standard InChI is InChI=1S/C26H22N2O5/c29-24(27-15-18-16-32-22-12-6-7-13-23(22)33-18)21(14-17-8-2-1-3-9-17)28-25(30)19-10-4-5-11-20(19)26(28)31/h1-13,18,21H,14-16H2,(H,27,29)/t18-,21+/m0/s1. The number of ether oxygens (including phenoxy) is 2. The largest absolute Gasteiger partial charge is 0.486 e. The van der Waals surface area contributed by atoms with Crippen LogP contribution in [0.2, 0.25) is 0 Å². The van der Waals surface area contributed by atoms with E-state index in [1.165, 1.54) is 0 Å². The van der Waals surface area contributed by atoms with E-state index >= 15 is 0 Å². The maximum absolute atomic E-state index is 13.3. The topological polar surface area (TPSA) is 84.9 Å². The molecule has 2 aliphatic heterocycles. The monoisotopic (exact) mass is 442 g/mol. The Morgan fingerprint density at radius 1 is 0.879 bits per heavy atom. The summed E-state index contributed by atoms with van der Waals surface area (Å²) in [5.74, 6) is -0.0660. The molecule has 0 spiro atoms. The van der Waals surface area contributed by atoms with E-state index in [1.54, 1.807) is 30.3 Å².